The summed E-state index contributed by atoms with van der Waals surface area (Å²) in [6.07, 6.45) is 1.64. The Morgan fingerprint density at radius 2 is 1.59 bits per heavy atom. The molecule has 1 N–H and O–H groups in total. The lowest BCUT2D eigenvalue weighted by atomic mass is 10.1. The first-order valence-electron chi connectivity index (χ1n) is 10.2. The molecule has 1 aliphatic rings. The van der Waals surface area contributed by atoms with Gasteiger partial charge in [0.1, 0.15) is 5.57 Å². The Bertz CT molecular complexity index is 1240. The summed E-state index contributed by atoms with van der Waals surface area (Å²) in [5.74, 6) is -0.933. The molecule has 2 aromatic carbocycles. The quantitative estimate of drug-likeness (QED) is 0.376. The average molecular weight is 445 g/mol. The zero-order chi connectivity index (χ0) is 23.0. The molecule has 0 saturated carbocycles. The zero-order valence-corrected chi connectivity index (χ0v) is 19.2. The number of para-hydroxylation sites is 1. The fourth-order valence-electron chi connectivity index (χ4n) is 3.86. The molecule has 0 radical (unpaired) electrons. The van der Waals surface area contributed by atoms with Crippen molar-refractivity contribution in [2.75, 3.05) is 23.9 Å². The maximum absolute atomic E-state index is 13.2. The van der Waals surface area contributed by atoms with Crippen LogP contribution in [0.15, 0.2) is 66.2 Å². The van der Waals surface area contributed by atoms with Crippen LogP contribution in [0.2, 0.25) is 0 Å². The lowest BCUT2D eigenvalue weighted by molar-refractivity contribution is -0.122. The van der Waals surface area contributed by atoms with Crippen LogP contribution in [0.3, 0.4) is 0 Å². The molecule has 162 valence electrons. The molecule has 1 fully saturated rings. The monoisotopic (exact) mass is 444 g/mol. The van der Waals surface area contributed by atoms with E-state index >= 15 is 0 Å². The highest BCUT2D eigenvalue weighted by atomic mass is 32.1. The molecule has 6 nitrogen and oxygen atoms in total. The van der Waals surface area contributed by atoms with Crippen molar-refractivity contribution in [1.29, 1.82) is 0 Å². The third-order valence-corrected chi connectivity index (χ3v) is 5.80. The summed E-state index contributed by atoms with van der Waals surface area (Å²) in [5.41, 5.74) is 5.53. The fourth-order valence-corrected chi connectivity index (χ4v) is 4.14. The van der Waals surface area contributed by atoms with E-state index in [2.05, 4.69) is 34.1 Å². The molecule has 1 aromatic heterocycles. The molecule has 2 heterocycles. The predicted molar refractivity (Wildman–Crippen MR) is 132 cm³/mol. The van der Waals surface area contributed by atoms with Gasteiger partial charge in [-0.15, -0.1) is 0 Å². The number of hydrogen-bond donors (Lipinski definition) is 1. The summed E-state index contributed by atoms with van der Waals surface area (Å²) in [5, 5.41) is 2.71. The zero-order valence-electron chi connectivity index (χ0n) is 18.4. The van der Waals surface area contributed by atoms with E-state index in [1.807, 2.05) is 57.1 Å². The van der Waals surface area contributed by atoms with Gasteiger partial charge in [-0.05, 0) is 80.2 Å². The Kier molecular flexibility index (Phi) is 5.67. The first kappa shape index (κ1) is 21.5. The van der Waals surface area contributed by atoms with Gasteiger partial charge in [-0.2, -0.15) is 0 Å². The van der Waals surface area contributed by atoms with Gasteiger partial charge in [-0.25, -0.2) is 0 Å². The topological polar surface area (TPSA) is 57.6 Å². The van der Waals surface area contributed by atoms with Crippen molar-refractivity contribution in [3.63, 3.8) is 0 Å². The minimum absolute atomic E-state index is 0.0469. The lowest BCUT2D eigenvalue weighted by Crippen LogP contribution is -2.54. The number of amides is 2. The molecule has 1 saturated heterocycles. The van der Waals surface area contributed by atoms with Crippen LogP contribution in [0.25, 0.3) is 11.8 Å². The Hall–Kier alpha value is -3.71. The van der Waals surface area contributed by atoms with Gasteiger partial charge < -0.3 is 9.47 Å². The van der Waals surface area contributed by atoms with E-state index in [9.17, 15) is 9.59 Å². The second kappa shape index (κ2) is 8.43. The highest BCUT2D eigenvalue weighted by Crippen LogP contribution is 2.26. The molecule has 0 spiro atoms. The van der Waals surface area contributed by atoms with Gasteiger partial charge in [-0.3, -0.25) is 19.8 Å². The molecule has 0 aliphatic carbocycles. The highest BCUT2D eigenvalue weighted by molar-refractivity contribution is 7.80. The number of carbonyl (C=O) groups is 2. The summed E-state index contributed by atoms with van der Waals surface area (Å²) in [7, 11) is 4.00. The second-order valence-corrected chi connectivity index (χ2v) is 8.25. The number of nitrogens with zero attached hydrogens (tertiary/aromatic N) is 3. The maximum atomic E-state index is 13.2. The fraction of sp³-hybridized carbons (Fsp3) is 0.160. The number of carbonyl (C=O) groups excluding carboxylic acids is 2. The summed E-state index contributed by atoms with van der Waals surface area (Å²) >= 11 is 5.26. The molecule has 3 aromatic rings. The van der Waals surface area contributed by atoms with Gasteiger partial charge in [-0.1, -0.05) is 18.2 Å². The van der Waals surface area contributed by atoms with Crippen LogP contribution in [0, 0.1) is 13.8 Å². The highest BCUT2D eigenvalue weighted by Gasteiger charge is 2.34. The molecule has 1 aliphatic heterocycles. The number of rotatable bonds is 4. The second-order valence-electron chi connectivity index (χ2n) is 7.87. The van der Waals surface area contributed by atoms with E-state index in [0.29, 0.717) is 5.69 Å². The van der Waals surface area contributed by atoms with Crippen LogP contribution in [0.1, 0.15) is 17.0 Å². The van der Waals surface area contributed by atoms with E-state index in [-0.39, 0.29) is 10.7 Å². The molecule has 0 atom stereocenters. The number of aryl methyl sites for hydroxylation is 1. The normalized spacial score (nSPS) is 15.3. The first-order valence-corrected chi connectivity index (χ1v) is 10.6. The van der Waals surface area contributed by atoms with Crippen molar-refractivity contribution < 1.29 is 9.59 Å². The Balaban J connectivity index is 1.73. The minimum Gasteiger partial charge on any atom is -0.378 e. The molecule has 2 amide bonds. The van der Waals surface area contributed by atoms with Gasteiger partial charge in [0.05, 0.1) is 5.69 Å². The van der Waals surface area contributed by atoms with Crippen molar-refractivity contribution in [3.8, 4) is 5.69 Å². The minimum atomic E-state index is -0.493. The number of thiocarbonyl (C=S) groups is 1. The van der Waals surface area contributed by atoms with Crippen molar-refractivity contribution in [1.82, 2.24) is 9.88 Å². The molecule has 4 rings (SSSR count). The molecule has 0 unspecified atom stereocenters. The summed E-state index contributed by atoms with van der Waals surface area (Å²) in [6.45, 7) is 3.98. The Morgan fingerprint density at radius 3 is 2.22 bits per heavy atom. The maximum Gasteiger partial charge on any atom is 0.270 e. The summed E-state index contributed by atoms with van der Waals surface area (Å²) in [6, 6.07) is 19.3. The summed E-state index contributed by atoms with van der Waals surface area (Å²) < 4.78 is 2.11. The molecular weight excluding hydrogens is 420 g/mol. The van der Waals surface area contributed by atoms with E-state index in [0.717, 1.165) is 28.3 Å². The van der Waals surface area contributed by atoms with E-state index in [4.69, 9.17) is 12.2 Å². The van der Waals surface area contributed by atoms with Crippen LogP contribution in [0.4, 0.5) is 11.4 Å². The largest absolute Gasteiger partial charge is 0.378 e. The van der Waals surface area contributed by atoms with Crippen molar-refractivity contribution in [2.45, 2.75) is 13.8 Å². The SMILES string of the molecule is Cc1cc(/C=C2\C(=O)NC(=S)N(c3ccccc3)C2=O)c(C)n1-c1ccc(N(C)C)cc1. The predicted octanol–water partition coefficient (Wildman–Crippen LogP) is 3.99. The Labute approximate surface area is 192 Å². The van der Waals surface area contributed by atoms with E-state index in [1.165, 1.54) is 4.90 Å². The lowest BCUT2D eigenvalue weighted by Gasteiger charge is -2.28. The third kappa shape index (κ3) is 3.83. The van der Waals surface area contributed by atoms with Crippen LogP contribution in [-0.4, -0.2) is 35.6 Å². The van der Waals surface area contributed by atoms with Gasteiger partial charge in [0.2, 0.25) is 0 Å². The van der Waals surface area contributed by atoms with Gasteiger partial charge in [0.25, 0.3) is 11.8 Å². The van der Waals surface area contributed by atoms with Crippen molar-refractivity contribution in [2.24, 2.45) is 0 Å². The standard InChI is InChI=1S/C25H24N4O2S/c1-16-14-18(17(2)28(16)21-12-10-19(11-13-21)27(3)4)15-22-23(30)26-25(32)29(24(22)31)20-8-6-5-7-9-20/h5-15H,1-4H3,(H,26,30,32)/b22-15+. The van der Waals surface area contributed by atoms with Crippen molar-refractivity contribution >= 4 is 46.6 Å². The first-order chi connectivity index (χ1) is 15.3. The summed E-state index contributed by atoms with van der Waals surface area (Å²) in [4.78, 5) is 29.3. The van der Waals surface area contributed by atoms with Gasteiger partial charge in [0.15, 0.2) is 5.11 Å². The average Bonchev–Trinajstić information content (AvgIpc) is 3.04. The Morgan fingerprint density at radius 1 is 0.938 bits per heavy atom. The van der Waals surface area contributed by atoms with Gasteiger partial charge >= 0.3 is 0 Å². The third-order valence-electron chi connectivity index (χ3n) is 5.51. The number of anilines is 2. The van der Waals surface area contributed by atoms with Crippen LogP contribution in [0.5, 0.6) is 0 Å². The molecule has 7 heteroatoms. The van der Waals surface area contributed by atoms with Crippen LogP contribution in [-0.2, 0) is 9.59 Å². The smallest absolute Gasteiger partial charge is 0.270 e. The number of benzene rings is 2. The number of hydrogen-bond acceptors (Lipinski definition) is 4. The van der Waals surface area contributed by atoms with Gasteiger partial charge in [0, 0.05) is 36.9 Å². The molecular formula is C25H24N4O2S. The molecule has 32 heavy (non-hydrogen) atoms. The number of nitrogens with one attached hydrogen (secondary N) is 1. The van der Waals surface area contributed by atoms with Crippen molar-refractivity contribution in [3.05, 3.63) is 83.2 Å². The molecule has 0 bridgehead atoms. The number of aromatic nitrogens is 1. The van der Waals surface area contributed by atoms with E-state index in [1.54, 1.807) is 18.2 Å². The van der Waals surface area contributed by atoms with Crippen LogP contribution >= 0.6 is 12.2 Å². The van der Waals surface area contributed by atoms with Crippen LogP contribution < -0.4 is 15.1 Å². The van der Waals surface area contributed by atoms with E-state index < -0.39 is 11.8 Å².